The second-order valence-corrected chi connectivity index (χ2v) is 7.21. The zero-order valence-corrected chi connectivity index (χ0v) is 14.4. The van der Waals surface area contributed by atoms with Crippen LogP contribution < -0.4 is 5.32 Å². The zero-order chi connectivity index (χ0) is 17.2. The summed E-state index contributed by atoms with van der Waals surface area (Å²) >= 11 is 0. The summed E-state index contributed by atoms with van der Waals surface area (Å²) in [6, 6.07) is 15.1. The molecule has 1 atom stereocenters. The summed E-state index contributed by atoms with van der Waals surface area (Å²) in [5, 5.41) is 5.45. The van der Waals surface area contributed by atoms with E-state index < -0.39 is 0 Å². The summed E-state index contributed by atoms with van der Waals surface area (Å²) in [6.45, 7) is 2.13. The average Bonchev–Trinajstić information content (AvgIpc) is 2.68. The highest BCUT2D eigenvalue weighted by molar-refractivity contribution is 5.86. The summed E-state index contributed by atoms with van der Waals surface area (Å²) in [7, 11) is 0. The number of nitrogens with zero attached hydrogens (tertiary/aromatic N) is 1. The molecule has 0 saturated carbocycles. The Morgan fingerprint density at radius 3 is 2.52 bits per heavy atom. The molecule has 0 spiro atoms. The molecular weight excluding hydrogens is 312 g/mol. The quantitative estimate of drug-likeness (QED) is 0.916. The molecule has 0 bridgehead atoms. The van der Waals surface area contributed by atoms with Crippen LogP contribution in [0, 0.1) is 5.92 Å². The van der Waals surface area contributed by atoms with Gasteiger partial charge in [-0.05, 0) is 41.5 Å². The van der Waals surface area contributed by atoms with Gasteiger partial charge in [-0.15, -0.1) is 0 Å². The van der Waals surface area contributed by atoms with Gasteiger partial charge in [0.05, 0.1) is 5.92 Å². The van der Waals surface area contributed by atoms with Crippen LogP contribution in [0.15, 0.2) is 42.5 Å². The molecule has 0 aromatic heterocycles. The zero-order valence-electron chi connectivity index (χ0n) is 14.4. The van der Waals surface area contributed by atoms with E-state index in [1.54, 1.807) is 0 Å². The van der Waals surface area contributed by atoms with Crippen molar-refractivity contribution in [2.75, 3.05) is 19.6 Å². The van der Waals surface area contributed by atoms with E-state index in [2.05, 4.69) is 47.8 Å². The van der Waals surface area contributed by atoms with E-state index in [0.717, 1.165) is 25.9 Å². The Morgan fingerprint density at radius 1 is 1.00 bits per heavy atom. The molecule has 0 radical (unpaired) electrons. The number of hydrogen-bond donors (Lipinski definition) is 1. The summed E-state index contributed by atoms with van der Waals surface area (Å²) in [4.78, 5) is 26.0. The summed E-state index contributed by atoms with van der Waals surface area (Å²) in [6.07, 6.45) is 3.19. The van der Waals surface area contributed by atoms with Gasteiger partial charge >= 0.3 is 0 Å². The summed E-state index contributed by atoms with van der Waals surface area (Å²) in [5.74, 6) is 0.767. The SMILES string of the molecule is O=C1CC[C@@H](C(=O)N2CCC(c3cccc4ccccc34)CC2)CN1. The number of hydrogen-bond acceptors (Lipinski definition) is 2. The molecular formula is C21H24N2O2. The monoisotopic (exact) mass is 336 g/mol. The van der Waals surface area contributed by atoms with E-state index in [0.29, 0.717) is 25.3 Å². The Balaban J connectivity index is 1.43. The van der Waals surface area contributed by atoms with Gasteiger partial charge in [0, 0.05) is 26.1 Å². The molecule has 25 heavy (non-hydrogen) atoms. The number of piperidine rings is 2. The maximum atomic E-state index is 12.7. The number of likely N-dealkylation sites (tertiary alicyclic amines) is 1. The molecule has 2 aromatic rings. The molecule has 4 heteroatoms. The van der Waals surface area contributed by atoms with Crippen molar-refractivity contribution < 1.29 is 9.59 Å². The third kappa shape index (κ3) is 3.26. The molecule has 4 nitrogen and oxygen atoms in total. The van der Waals surface area contributed by atoms with Gasteiger partial charge in [0.2, 0.25) is 11.8 Å². The van der Waals surface area contributed by atoms with Crippen molar-refractivity contribution in [1.29, 1.82) is 0 Å². The number of benzene rings is 2. The first kappa shape index (κ1) is 16.1. The van der Waals surface area contributed by atoms with Crippen LogP contribution in [0.1, 0.15) is 37.2 Å². The molecule has 2 heterocycles. The normalized spacial score (nSPS) is 22.0. The van der Waals surface area contributed by atoms with Gasteiger partial charge in [0.1, 0.15) is 0 Å². The van der Waals surface area contributed by atoms with Crippen molar-refractivity contribution in [3.8, 4) is 0 Å². The van der Waals surface area contributed by atoms with E-state index in [-0.39, 0.29) is 17.7 Å². The molecule has 130 valence electrons. The minimum Gasteiger partial charge on any atom is -0.355 e. The smallest absolute Gasteiger partial charge is 0.227 e. The van der Waals surface area contributed by atoms with E-state index in [9.17, 15) is 9.59 Å². The van der Waals surface area contributed by atoms with Crippen LogP contribution in [-0.4, -0.2) is 36.3 Å². The predicted octanol–water partition coefficient (Wildman–Crippen LogP) is 3.07. The molecule has 2 saturated heterocycles. The van der Waals surface area contributed by atoms with Gasteiger partial charge in [-0.1, -0.05) is 42.5 Å². The molecule has 2 aromatic carbocycles. The molecule has 2 amide bonds. The van der Waals surface area contributed by atoms with Crippen molar-refractivity contribution in [2.45, 2.75) is 31.6 Å². The number of carbonyl (C=O) groups excluding carboxylic acids is 2. The maximum Gasteiger partial charge on any atom is 0.227 e. The number of carbonyl (C=O) groups is 2. The lowest BCUT2D eigenvalue weighted by atomic mass is 9.85. The van der Waals surface area contributed by atoms with Gasteiger partial charge in [-0.3, -0.25) is 9.59 Å². The lowest BCUT2D eigenvalue weighted by Gasteiger charge is -2.35. The van der Waals surface area contributed by atoms with Crippen molar-refractivity contribution >= 4 is 22.6 Å². The highest BCUT2D eigenvalue weighted by Crippen LogP contribution is 2.33. The number of fused-ring (bicyclic) bond motifs is 1. The standard InChI is InChI=1S/C21H24N2O2/c24-20-9-8-17(14-22-20)21(25)23-12-10-16(11-13-23)19-7-3-5-15-4-1-2-6-18(15)19/h1-7,16-17H,8-14H2,(H,22,24)/t17-/m1/s1. The third-order valence-corrected chi connectivity index (χ3v) is 5.68. The highest BCUT2D eigenvalue weighted by atomic mass is 16.2. The Hall–Kier alpha value is -2.36. The summed E-state index contributed by atoms with van der Waals surface area (Å²) < 4.78 is 0. The fourth-order valence-corrected chi connectivity index (χ4v) is 4.22. The third-order valence-electron chi connectivity index (χ3n) is 5.68. The first-order valence-corrected chi connectivity index (χ1v) is 9.25. The Bertz CT molecular complexity index is 778. The fourth-order valence-electron chi connectivity index (χ4n) is 4.22. The second kappa shape index (κ2) is 6.87. The molecule has 0 unspecified atom stereocenters. The van der Waals surface area contributed by atoms with Gasteiger partial charge < -0.3 is 10.2 Å². The highest BCUT2D eigenvalue weighted by Gasteiger charge is 2.31. The van der Waals surface area contributed by atoms with Crippen LogP contribution in [0.2, 0.25) is 0 Å². The maximum absolute atomic E-state index is 12.7. The van der Waals surface area contributed by atoms with Crippen molar-refractivity contribution in [3.05, 3.63) is 48.0 Å². The predicted molar refractivity (Wildman–Crippen MR) is 98.2 cm³/mol. The molecule has 2 aliphatic rings. The van der Waals surface area contributed by atoms with Gasteiger partial charge in [0.25, 0.3) is 0 Å². The van der Waals surface area contributed by atoms with E-state index in [1.807, 2.05) is 4.90 Å². The van der Waals surface area contributed by atoms with Crippen molar-refractivity contribution in [1.82, 2.24) is 10.2 Å². The fraction of sp³-hybridized carbons (Fsp3) is 0.429. The number of rotatable bonds is 2. The number of nitrogens with one attached hydrogen (secondary N) is 1. The van der Waals surface area contributed by atoms with Gasteiger partial charge in [-0.2, -0.15) is 0 Å². The summed E-state index contributed by atoms with van der Waals surface area (Å²) in [5.41, 5.74) is 1.41. The lowest BCUT2D eigenvalue weighted by molar-refractivity contribution is -0.138. The first-order valence-electron chi connectivity index (χ1n) is 9.25. The minimum atomic E-state index is -0.0354. The Morgan fingerprint density at radius 2 is 1.76 bits per heavy atom. The van der Waals surface area contributed by atoms with Gasteiger partial charge in [0.15, 0.2) is 0 Å². The largest absolute Gasteiger partial charge is 0.355 e. The Labute approximate surface area is 148 Å². The van der Waals surface area contributed by atoms with E-state index in [1.165, 1.54) is 16.3 Å². The van der Waals surface area contributed by atoms with E-state index in [4.69, 9.17) is 0 Å². The average molecular weight is 336 g/mol. The molecule has 0 aliphatic carbocycles. The van der Waals surface area contributed by atoms with Crippen LogP contribution in [-0.2, 0) is 9.59 Å². The molecule has 2 aliphatic heterocycles. The van der Waals surface area contributed by atoms with Gasteiger partial charge in [-0.25, -0.2) is 0 Å². The van der Waals surface area contributed by atoms with Crippen molar-refractivity contribution in [2.24, 2.45) is 5.92 Å². The first-order chi connectivity index (χ1) is 12.2. The second-order valence-electron chi connectivity index (χ2n) is 7.21. The molecule has 1 N–H and O–H groups in total. The van der Waals surface area contributed by atoms with Crippen LogP contribution in [0.5, 0.6) is 0 Å². The van der Waals surface area contributed by atoms with Crippen LogP contribution in [0.3, 0.4) is 0 Å². The van der Waals surface area contributed by atoms with E-state index >= 15 is 0 Å². The Kier molecular flexibility index (Phi) is 4.43. The number of amides is 2. The molecule has 2 fully saturated rings. The van der Waals surface area contributed by atoms with Crippen LogP contribution in [0.4, 0.5) is 0 Å². The topological polar surface area (TPSA) is 49.4 Å². The lowest BCUT2D eigenvalue weighted by Crippen LogP contribution is -2.47. The minimum absolute atomic E-state index is 0.0354. The van der Waals surface area contributed by atoms with Crippen molar-refractivity contribution in [3.63, 3.8) is 0 Å². The van der Waals surface area contributed by atoms with Crippen LogP contribution in [0.25, 0.3) is 10.8 Å². The van der Waals surface area contributed by atoms with Crippen LogP contribution >= 0.6 is 0 Å². The molecule has 4 rings (SSSR count).